The predicted octanol–water partition coefficient (Wildman–Crippen LogP) is 0.666. The van der Waals surface area contributed by atoms with Crippen LogP contribution in [-0.2, 0) is 12.5 Å². The van der Waals surface area contributed by atoms with Crippen molar-refractivity contribution in [2.75, 3.05) is 21.1 Å². The van der Waals surface area contributed by atoms with E-state index in [1.165, 1.54) is 0 Å². The lowest BCUT2D eigenvalue weighted by Gasteiger charge is -2.08. The number of halogens is 1. The molecule has 0 unspecified atom stereocenters. The van der Waals surface area contributed by atoms with Gasteiger partial charge in [0.1, 0.15) is 0 Å². The molecule has 0 aliphatic rings. The zero-order valence-corrected chi connectivity index (χ0v) is 7.04. The topological polar surface area (TPSA) is 17.1 Å². The van der Waals surface area contributed by atoms with E-state index in [1.807, 2.05) is 21.1 Å². The average Bonchev–Trinajstić information content (AvgIpc) is 1.36. The maximum atomic E-state index is 7.83. The van der Waals surface area contributed by atoms with E-state index in [9.17, 15) is 0 Å². The Morgan fingerprint density at radius 1 is 1.29 bits per heavy atom. The second-order valence-corrected chi connectivity index (χ2v) is 3.98. The SMILES string of the molecule is C[N+](C)(C)Br.O=S. The minimum Gasteiger partial charge on any atom is -0.263 e. The highest BCUT2D eigenvalue weighted by molar-refractivity contribution is 9.05. The van der Waals surface area contributed by atoms with E-state index in [1.54, 1.807) is 0 Å². The zero-order chi connectivity index (χ0) is 6.50. The van der Waals surface area contributed by atoms with E-state index in [2.05, 4.69) is 28.7 Å². The average molecular weight is 187 g/mol. The van der Waals surface area contributed by atoms with Crippen molar-refractivity contribution >= 4 is 28.7 Å². The van der Waals surface area contributed by atoms with Gasteiger partial charge in [-0.1, -0.05) is 0 Å². The molecule has 4 heteroatoms. The first-order valence-corrected chi connectivity index (χ1v) is 2.72. The number of hydrogen-bond acceptors (Lipinski definition) is 2. The Kier molecular flexibility index (Phi) is 6.88. The molecule has 0 amide bonds. The summed E-state index contributed by atoms with van der Waals surface area (Å²) in [4.78, 5) is 0. The van der Waals surface area contributed by atoms with Crippen LogP contribution in [0.1, 0.15) is 0 Å². The molecule has 0 fully saturated rings. The van der Waals surface area contributed by atoms with Gasteiger partial charge in [0.05, 0.1) is 21.1 Å². The zero-order valence-electron chi connectivity index (χ0n) is 4.64. The van der Waals surface area contributed by atoms with E-state index >= 15 is 0 Å². The molecule has 0 saturated heterocycles. The van der Waals surface area contributed by atoms with Gasteiger partial charge in [-0.05, 0) is 0 Å². The van der Waals surface area contributed by atoms with Crippen molar-refractivity contribution in [3.63, 3.8) is 0 Å². The molecule has 0 aromatic rings. The third-order valence-electron chi connectivity index (χ3n) is 0. The van der Waals surface area contributed by atoms with Gasteiger partial charge in [0.25, 0.3) is 0 Å². The Balaban J connectivity index is 0. The Bertz CT molecular complexity index is 38.7. The first-order chi connectivity index (χ1) is 3.00. The number of hydrogen-bond donors (Lipinski definition) is 0. The fraction of sp³-hybridized carbons (Fsp3) is 1.00. The summed E-state index contributed by atoms with van der Waals surface area (Å²) in [6.45, 7) is 0. The van der Waals surface area contributed by atoms with Crippen molar-refractivity contribution < 1.29 is 7.72 Å². The van der Waals surface area contributed by atoms with Crippen LogP contribution < -0.4 is 0 Å². The molecule has 0 radical (unpaired) electrons. The molecular formula is C3H9BrNOS+. The van der Waals surface area contributed by atoms with E-state index in [0.29, 0.717) is 0 Å². The molecule has 0 N–H and O–H groups in total. The lowest BCUT2D eigenvalue weighted by atomic mass is 11.0. The van der Waals surface area contributed by atoms with Crippen molar-refractivity contribution in [3.05, 3.63) is 0 Å². The van der Waals surface area contributed by atoms with Crippen LogP contribution in [0.25, 0.3) is 0 Å². The monoisotopic (exact) mass is 186 g/mol. The van der Waals surface area contributed by atoms with Crippen molar-refractivity contribution in [1.82, 2.24) is 0 Å². The molecular weight excluding hydrogens is 178 g/mol. The first-order valence-electron chi connectivity index (χ1n) is 1.68. The fourth-order valence-electron chi connectivity index (χ4n) is 0. The van der Waals surface area contributed by atoms with Gasteiger partial charge < -0.3 is 0 Å². The minimum atomic E-state index is 0.812. The molecule has 44 valence electrons. The number of nitrogens with zero attached hydrogens (tertiary/aromatic N) is 1. The van der Waals surface area contributed by atoms with Gasteiger partial charge in [-0.2, -0.15) is 4.21 Å². The highest BCUT2D eigenvalue weighted by Gasteiger charge is 1.94. The van der Waals surface area contributed by atoms with Crippen molar-refractivity contribution in [2.45, 2.75) is 0 Å². The molecule has 0 spiro atoms. The van der Waals surface area contributed by atoms with Gasteiger partial charge in [0, 0.05) is 0 Å². The van der Waals surface area contributed by atoms with Crippen molar-refractivity contribution in [2.24, 2.45) is 0 Å². The van der Waals surface area contributed by atoms with Crippen molar-refractivity contribution in [3.8, 4) is 0 Å². The Labute approximate surface area is 58.0 Å². The molecule has 0 heterocycles. The van der Waals surface area contributed by atoms with E-state index in [4.69, 9.17) is 4.21 Å². The summed E-state index contributed by atoms with van der Waals surface area (Å²) < 4.78 is 8.65. The fourth-order valence-corrected chi connectivity index (χ4v) is 0. The van der Waals surface area contributed by atoms with Gasteiger partial charge >= 0.3 is 0 Å². The first kappa shape index (κ1) is 10.4. The Hall–Kier alpha value is 0.460. The summed E-state index contributed by atoms with van der Waals surface area (Å²) in [5.74, 6) is 0. The molecule has 7 heavy (non-hydrogen) atoms. The molecule has 0 saturated carbocycles. The molecule has 0 aliphatic heterocycles. The van der Waals surface area contributed by atoms with Crippen LogP contribution in [0.4, 0.5) is 0 Å². The molecule has 0 aromatic carbocycles. The number of rotatable bonds is 0. The van der Waals surface area contributed by atoms with E-state index < -0.39 is 0 Å². The maximum absolute atomic E-state index is 7.83. The molecule has 0 rings (SSSR count). The number of quaternary nitrogens is 1. The van der Waals surface area contributed by atoms with Gasteiger partial charge in [0.2, 0.25) is 16.1 Å². The Morgan fingerprint density at radius 2 is 1.29 bits per heavy atom. The van der Waals surface area contributed by atoms with Gasteiger partial charge in [-0.25, -0.2) is 0 Å². The standard InChI is InChI=1S/C3H9BrN.OS/c1-5(2,3)4;1-2/h1-3H3;/q+1;. The van der Waals surface area contributed by atoms with Gasteiger partial charge in [-0.3, -0.25) is 3.51 Å². The Morgan fingerprint density at radius 3 is 1.29 bits per heavy atom. The third kappa shape index (κ3) is 607. The van der Waals surface area contributed by atoms with Crippen LogP contribution in [0.5, 0.6) is 0 Å². The molecule has 0 bridgehead atoms. The summed E-state index contributed by atoms with van der Waals surface area (Å²) in [7, 11) is 6.12. The van der Waals surface area contributed by atoms with Crippen molar-refractivity contribution in [1.29, 1.82) is 0 Å². The lowest BCUT2D eigenvalue weighted by molar-refractivity contribution is -0.709. The second-order valence-electron chi connectivity index (χ2n) is 1.85. The predicted molar refractivity (Wildman–Crippen MR) is 35.1 cm³/mol. The lowest BCUT2D eigenvalue weighted by Crippen LogP contribution is -2.18. The summed E-state index contributed by atoms with van der Waals surface area (Å²) in [5.41, 5.74) is 0. The smallest absolute Gasteiger partial charge is 0.226 e. The van der Waals surface area contributed by atoms with E-state index in [-0.39, 0.29) is 0 Å². The summed E-state index contributed by atoms with van der Waals surface area (Å²) in [5, 5.41) is 0. The van der Waals surface area contributed by atoms with Crippen LogP contribution in [0.2, 0.25) is 0 Å². The largest absolute Gasteiger partial charge is 0.263 e. The van der Waals surface area contributed by atoms with Crippen LogP contribution in [-0.4, -0.2) is 28.9 Å². The van der Waals surface area contributed by atoms with Crippen LogP contribution in [0.15, 0.2) is 0 Å². The molecule has 0 aromatic heterocycles. The summed E-state index contributed by atoms with van der Waals surface area (Å²) in [6.07, 6.45) is 0. The minimum absolute atomic E-state index is 0.812. The highest BCUT2D eigenvalue weighted by atomic mass is 79.9. The second kappa shape index (κ2) is 4.61. The van der Waals surface area contributed by atoms with Crippen LogP contribution in [0.3, 0.4) is 0 Å². The summed E-state index contributed by atoms with van der Waals surface area (Å²) >= 11 is 6.15. The maximum Gasteiger partial charge on any atom is 0.226 e. The highest BCUT2D eigenvalue weighted by Crippen LogP contribution is 1.96. The normalized spacial score (nSPS) is 9.14. The van der Waals surface area contributed by atoms with Gasteiger partial charge in [-0.15, -0.1) is 0 Å². The van der Waals surface area contributed by atoms with Gasteiger partial charge in [0.15, 0.2) is 12.5 Å². The molecule has 0 aliphatic carbocycles. The molecule has 2 nitrogen and oxygen atoms in total. The molecule has 0 atom stereocenters. The quantitative estimate of drug-likeness (QED) is 0.518. The van der Waals surface area contributed by atoms with E-state index in [0.717, 1.165) is 3.51 Å². The van der Waals surface area contributed by atoms with Crippen LogP contribution >= 0.6 is 16.1 Å². The van der Waals surface area contributed by atoms with Crippen LogP contribution in [0, 0.1) is 0 Å². The summed E-state index contributed by atoms with van der Waals surface area (Å²) in [6, 6.07) is 0. The third-order valence-corrected chi connectivity index (χ3v) is 0.